The minimum atomic E-state index is -0.842. The maximum Gasteiger partial charge on any atom is 0.166 e. The molecule has 2 N–H and O–H groups in total. The minimum absolute atomic E-state index is 0.147. The van der Waals surface area contributed by atoms with Crippen molar-refractivity contribution in [3.63, 3.8) is 0 Å². The highest BCUT2D eigenvalue weighted by Gasteiger charge is 2.33. The molecule has 0 heterocycles. The number of nitrogens with two attached hydrogens (primary N) is 1. The Morgan fingerprint density at radius 2 is 2.18 bits per heavy atom. The van der Waals surface area contributed by atoms with Crippen molar-refractivity contribution in [3.05, 3.63) is 28.8 Å². The van der Waals surface area contributed by atoms with Gasteiger partial charge in [0.1, 0.15) is 11.5 Å². The highest BCUT2D eigenvalue weighted by atomic mass is 19.1. The minimum Gasteiger partial charge on any atom is -0.394 e. The third-order valence-corrected chi connectivity index (χ3v) is 3.35. The Morgan fingerprint density at radius 1 is 1.47 bits per heavy atom. The molecule has 0 aromatic heterocycles. The molecule has 1 atom stereocenters. The molecular weight excluding hydrogens is 224 g/mol. The van der Waals surface area contributed by atoms with Crippen molar-refractivity contribution < 1.29 is 13.6 Å². The molecule has 0 bridgehead atoms. The van der Waals surface area contributed by atoms with Crippen LogP contribution in [-0.2, 0) is 6.42 Å². The van der Waals surface area contributed by atoms with E-state index in [9.17, 15) is 13.6 Å². The lowest BCUT2D eigenvalue weighted by Crippen LogP contribution is -2.08. The van der Waals surface area contributed by atoms with Crippen LogP contribution in [0.3, 0.4) is 0 Å². The number of hydrogen-bond donors (Lipinski definition) is 1. The van der Waals surface area contributed by atoms with Crippen LogP contribution in [-0.4, -0.2) is 5.78 Å². The molecule has 0 aliphatic heterocycles. The molecule has 1 aliphatic rings. The van der Waals surface area contributed by atoms with E-state index in [0.717, 1.165) is 25.3 Å². The predicted molar refractivity (Wildman–Crippen MR) is 61.8 cm³/mol. The first-order chi connectivity index (χ1) is 8.06. The summed E-state index contributed by atoms with van der Waals surface area (Å²) in [6.45, 7) is 2.03. The number of Topliss-reactive ketones (excluding diaryl/α,β-unsaturated/α-hetero) is 1. The smallest absolute Gasteiger partial charge is 0.166 e. The highest BCUT2D eigenvalue weighted by molar-refractivity contribution is 6.02. The fourth-order valence-corrected chi connectivity index (χ4v) is 2.34. The Bertz CT molecular complexity index is 471. The van der Waals surface area contributed by atoms with E-state index in [1.165, 1.54) is 0 Å². The van der Waals surface area contributed by atoms with E-state index in [1.54, 1.807) is 0 Å². The number of carbonyl (C=O) groups excluding carboxylic acids is 1. The molecule has 4 heteroatoms. The van der Waals surface area contributed by atoms with Crippen molar-refractivity contribution >= 4 is 11.5 Å². The Morgan fingerprint density at radius 3 is 2.82 bits per heavy atom. The molecule has 1 aromatic carbocycles. The Kier molecular flexibility index (Phi) is 3.13. The molecule has 2 rings (SSSR count). The summed E-state index contributed by atoms with van der Waals surface area (Å²) in [6.07, 6.45) is 2.98. The van der Waals surface area contributed by atoms with Gasteiger partial charge in [0.2, 0.25) is 0 Å². The average molecular weight is 239 g/mol. The van der Waals surface area contributed by atoms with Gasteiger partial charge in [-0.25, -0.2) is 8.78 Å². The molecule has 0 spiro atoms. The fourth-order valence-electron chi connectivity index (χ4n) is 2.34. The summed E-state index contributed by atoms with van der Waals surface area (Å²) >= 11 is 0. The summed E-state index contributed by atoms with van der Waals surface area (Å²) in [7, 11) is 0. The number of fused-ring (bicyclic) bond motifs is 1. The predicted octanol–water partition coefficient (Wildman–Crippen LogP) is 3.09. The summed E-state index contributed by atoms with van der Waals surface area (Å²) < 4.78 is 27.0. The quantitative estimate of drug-likeness (QED) is 0.823. The first-order valence-corrected chi connectivity index (χ1v) is 5.86. The summed E-state index contributed by atoms with van der Waals surface area (Å²) in [6, 6.07) is 1.07. The van der Waals surface area contributed by atoms with Crippen LogP contribution in [0, 0.1) is 17.6 Å². The molecule has 1 aliphatic carbocycles. The fraction of sp³-hybridized carbons (Fsp3) is 0.462. The molecule has 1 aromatic rings. The van der Waals surface area contributed by atoms with Crippen molar-refractivity contribution in [1.29, 1.82) is 0 Å². The molecule has 1 unspecified atom stereocenters. The van der Waals surface area contributed by atoms with E-state index in [0.29, 0.717) is 6.42 Å². The number of hydrogen-bond acceptors (Lipinski definition) is 2. The van der Waals surface area contributed by atoms with Gasteiger partial charge in [0.25, 0.3) is 0 Å². The first-order valence-electron chi connectivity index (χ1n) is 5.86. The lowest BCUT2D eigenvalue weighted by Gasteiger charge is -2.05. The van der Waals surface area contributed by atoms with Crippen LogP contribution in [0.1, 0.15) is 42.1 Å². The molecule has 0 radical (unpaired) electrons. The first kappa shape index (κ1) is 12.0. The van der Waals surface area contributed by atoms with E-state index in [-0.39, 0.29) is 22.8 Å². The van der Waals surface area contributed by atoms with Crippen molar-refractivity contribution in [3.8, 4) is 0 Å². The van der Waals surface area contributed by atoms with Crippen LogP contribution in [0.5, 0.6) is 0 Å². The van der Waals surface area contributed by atoms with Gasteiger partial charge in [0.15, 0.2) is 11.6 Å². The SMILES string of the molecule is CCCCC1Cc2c(cc(F)c(N)c2F)C1=O. The second-order valence-electron chi connectivity index (χ2n) is 4.52. The Hall–Kier alpha value is -1.45. The second-order valence-corrected chi connectivity index (χ2v) is 4.52. The number of anilines is 1. The molecule has 92 valence electrons. The second kappa shape index (κ2) is 4.43. The maximum absolute atomic E-state index is 13.7. The van der Waals surface area contributed by atoms with Gasteiger partial charge in [0.05, 0.1) is 0 Å². The van der Waals surface area contributed by atoms with E-state index in [1.807, 2.05) is 6.92 Å². The third kappa shape index (κ3) is 1.92. The van der Waals surface area contributed by atoms with Crippen molar-refractivity contribution in [2.24, 2.45) is 5.92 Å². The van der Waals surface area contributed by atoms with Gasteiger partial charge in [-0.05, 0) is 18.9 Å². The lowest BCUT2D eigenvalue weighted by atomic mass is 9.98. The molecule has 0 saturated carbocycles. The van der Waals surface area contributed by atoms with Crippen LogP contribution in [0.15, 0.2) is 6.07 Å². The largest absolute Gasteiger partial charge is 0.394 e. The van der Waals surface area contributed by atoms with Crippen LogP contribution >= 0.6 is 0 Å². The molecule has 17 heavy (non-hydrogen) atoms. The van der Waals surface area contributed by atoms with Crippen LogP contribution in [0.2, 0.25) is 0 Å². The maximum atomic E-state index is 13.7. The molecule has 2 nitrogen and oxygen atoms in total. The van der Waals surface area contributed by atoms with Crippen molar-refractivity contribution in [2.45, 2.75) is 32.6 Å². The van der Waals surface area contributed by atoms with Crippen LogP contribution < -0.4 is 5.73 Å². The summed E-state index contributed by atoms with van der Waals surface area (Å²) in [5.74, 6) is -1.95. The van der Waals surface area contributed by atoms with Gasteiger partial charge in [-0.1, -0.05) is 19.8 Å². The van der Waals surface area contributed by atoms with Gasteiger partial charge in [-0.2, -0.15) is 0 Å². The van der Waals surface area contributed by atoms with Gasteiger partial charge in [-0.3, -0.25) is 4.79 Å². The topological polar surface area (TPSA) is 43.1 Å². The summed E-state index contributed by atoms with van der Waals surface area (Å²) in [5.41, 5.74) is 5.27. The zero-order chi connectivity index (χ0) is 12.6. The normalized spacial score (nSPS) is 18.5. The zero-order valence-electron chi connectivity index (χ0n) is 9.72. The number of nitrogen functional groups attached to an aromatic ring is 1. The monoisotopic (exact) mass is 239 g/mol. The number of rotatable bonds is 3. The van der Waals surface area contributed by atoms with Gasteiger partial charge < -0.3 is 5.73 Å². The summed E-state index contributed by atoms with van der Waals surface area (Å²) in [4.78, 5) is 11.9. The highest BCUT2D eigenvalue weighted by Crippen LogP contribution is 2.35. The van der Waals surface area contributed by atoms with E-state index in [2.05, 4.69) is 0 Å². The number of unbranched alkanes of at least 4 members (excludes halogenated alkanes) is 1. The van der Waals surface area contributed by atoms with Gasteiger partial charge >= 0.3 is 0 Å². The number of benzene rings is 1. The molecular formula is C13H15F2NO. The van der Waals surface area contributed by atoms with Crippen LogP contribution in [0.25, 0.3) is 0 Å². The number of halogens is 2. The van der Waals surface area contributed by atoms with E-state index >= 15 is 0 Å². The number of ketones is 1. The summed E-state index contributed by atoms with van der Waals surface area (Å²) in [5, 5.41) is 0. The van der Waals surface area contributed by atoms with E-state index in [4.69, 9.17) is 5.73 Å². The zero-order valence-corrected chi connectivity index (χ0v) is 9.72. The lowest BCUT2D eigenvalue weighted by molar-refractivity contribution is 0.0929. The third-order valence-electron chi connectivity index (χ3n) is 3.35. The average Bonchev–Trinajstić information content (AvgIpc) is 2.62. The standard InChI is InChI=1S/C13H15F2NO/c1-2-3-4-7-5-8-9(13(7)17)6-10(14)12(16)11(8)15/h6-7H,2-5,16H2,1H3. The van der Waals surface area contributed by atoms with Crippen molar-refractivity contribution in [2.75, 3.05) is 5.73 Å². The van der Waals surface area contributed by atoms with Crippen molar-refractivity contribution in [1.82, 2.24) is 0 Å². The van der Waals surface area contributed by atoms with Crippen LogP contribution in [0.4, 0.5) is 14.5 Å². The molecule has 0 fully saturated rings. The Balaban J connectivity index is 2.35. The number of carbonyl (C=O) groups is 1. The van der Waals surface area contributed by atoms with E-state index < -0.39 is 17.3 Å². The van der Waals surface area contributed by atoms with Gasteiger partial charge in [-0.15, -0.1) is 0 Å². The molecule has 0 amide bonds. The molecule has 0 saturated heterocycles. The Labute approximate surface area is 98.8 Å². The van der Waals surface area contributed by atoms with Gasteiger partial charge in [0, 0.05) is 17.0 Å².